The van der Waals surface area contributed by atoms with Gasteiger partial charge in [-0.2, -0.15) is 0 Å². The molecule has 0 bridgehead atoms. The van der Waals surface area contributed by atoms with Crippen molar-refractivity contribution in [1.82, 2.24) is 4.98 Å². The Morgan fingerprint density at radius 3 is 2.55 bits per heavy atom. The first kappa shape index (κ1) is 14.3. The Bertz CT molecular complexity index is 822. The van der Waals surface area contributed by atoms with Crippen molar-refractivity contribution in [3.8, 4) is 11.3 Å². The second kappa shape index (κ2) is 5.98. The summed E-state index contributed by atoms with van der Waals surface area (Å²) in [5.41, 5.74) is 4.12. The van der Waals surface area contributed by atoms with Crippen LogP contribution in [0.4, 0.5) is 0 Å². The van der Waals surface area contributed by atoms with Gasteiger partial charge in [0.1, 0.15) is 0 Å². The lowest BCUT2D eigenvalue weighted by atomic mass is 10.0. The van der Waals surface area contributed by atoms with Crippen LogP contribution >= 0.6 is 0 Å². The van der Waals surface area contributed by atoms with Crippen molar-refractivity contribution in [1.29, 1.82) is 0 Å². The molecular weight excluding hydrogens is 274 g/mol. The summed E-state index contributed by atoms with van der Waals surface area (Å²) in [5.74, 6) is -0.337. The van der Waals surface area contributed by atoms with Gasteiger partial charge >= 0.3 is 5.97 Å². The summed E-state index contributed by atoms with van der Waals surface area (Å²) in [5, 5.41) is 0.932. The molecule has 3 nitrogen and oxygen atoms in total. The van der Waals surface area contributed by atoms with E-state index in [0.29, 0.717) is 17.9 Å². The Hall–Kier alpha value is -2.68. The number of aromatic nitrogens is 1. The van der Waals surface area contributed by atoms with Gasteiger partial charge in [0.05, 0.1) is 23.4 Å². The Kier molecular flexibility index (Phi) is 3.88. The van der Waals surface area contributed by atoms with Crippen molar-refractivity contribution in [3.05, 3.63) is 65.7 Å². The van der Waals surface area contributed by atoms with Crippen LogP contribution < -0.4 is 0 Å². The van der Waals surface area contributed by atoms with Crippen molar-refractivity contribution < 1.29 is 9.53 Å². The molecule has 0 amide bonds. The minimum Gasteiger partial charge on any atom is -0.462 e. The molecule has 3 rings (SSSR count). The van der Waals surface area contributed by atoms with Gasteiger partial charge in [0.15, 0.2) is 0 Å². The number of carbonyl (C=O) groups excluding carboxylic acids is 1. The van der Waals surface area contributed by atoms with E-state index in [-0.39, 0.29) is 5.97 Å². The summed E-state index contributed by atoms with van der Waals surface area (Å²) in [6.07, 6.45) is 0. The summed E-state index contributed by atoms with van der Waals surface area (Å²) in [7, 11) is 0. The first-order valence-corrected chi connectivity index (χ1v) is 7.33. The first-order chi connectivity index (χ1) is 10.7. The van der Waals surface area contributed by atoms with E-state index in [1.54, 1.807) is 6.92 Å². The number of para-hydroxylation sites is 1. The third-order valence-corrected chi connectivity index (χ3v) is 3.54. The molecule has 0 radical (unpaired) electrons. The summed E-state index contributed by atoms with van der Waals surface area (Å²) >= 11 is 0. The van der Waals surface area contributed by atoms with E-state index in [1.165, 1.54) is 5.56 Å². The molecule has 22 heavy (non-hydrogen) atoms. The van der Waals surface area contributed by atoms with Crippen LogP contribution in [0.2, 0.25) is 0 Å². The van der Waals surface area contributed by atoms with Gasteiger partial charge in [0, 0.05) is 10.9 Å². The number of nitrogens with zero attached hydrogens (tertiary/aromatic N) is 1. The number of fused-ring (bicyclic) bond motifs is 1. The van der Waals surface area contributed by atoms with E-state index >= 15 is 0 Å². The number of ether oxygens (including phenoxy) is 1. The van der Waals surface area contributed by atoms with E-state index in [1.807, 2.05) is 61.5 Å². The molecule has 0 saturated carbocycles. The normalized spacial score (nSPS) is 10.6. The number of esters is 1. The molecule has 0 spiro atoms. The van der Waals surface area contributed by atoms with E-state index in [9.17, 15) is 4.79 Å². The van der Waals surface area contributed by atoms with Crippen LogP contribution in [0.15, 0.2) is 54.6 Å². The van der Waals surface area contributed by atoms with Gasteiger partial charge in [-0.1, -0.05) is 48.0 Å². The molecule has 3 heteroatoms. The first-order valence-electron chi connectivity index (χ1n) is 7.33. The zero-order valence-electron chi connectivity index (χ0n) is 12.7. The molecular formula is C19H17NO2. The number of hydrogen-bond donors (Lipinski definition) is 0. The highest BCUT2D eigenvalue weighted by Crippen LogP contribution is 2.26. The number of pyridine rings is 1. The minimum atomic E-state index is -0.337. The van der Waals surface area contributed by atoms with Crippen molar-refractivity contribution in [2.24, 2.45) is 0 Å². The maximum atomic E-state index is 12.3. The molecule has 0 unspecified atom stereocenters. The third kappa shape index (κ3) is 2.70. The number of carbonyl (C=O) groups is 1. The second-order valence-electron chi connectivity index (χ2n) is 5.16. The Morgan fingerprint density at radius 2 is 1.82 bits per heavy atom. The quantitative estimate of drug-likeness (QED) is 0.672. The number of benzene rings is 2. The van der Waals surface area contributed by atoms with Gasteiger partial charge in [-0.3, -0.25) is 0 Å². The lowest BCUT2D eigenvalue weighted by Crippen LogP contribution is -2.08. The van der Waals surface area contributed by atoms with E-state index in [2.05, 4.69) is 4.98 Å². The molecule has 0 aliphatic carbocycles. The number of aryl methyl sites for hydroxylation is 1. The van der Waals surface area contributed by atoms with Crippen molar-refractivity contribution in [3.63, 3.8) is 0 Å². The molecule has 0 atom stereocenters. The van der Waals surface area contributed by atoms with Crippen LogP contribution in [-0.4, -0.2) is 17.6 Å². The largest absolute Gasteiger partial charge is 0.462 e. The SMILES string of the molecule is CCOC(=O)c1cc2ccccc2nc1-c1ccc(C)cc1. The standard InChI is InChI=1S/C19H17NO2/c1-3-22-19(21)16-12-15-6-4-5-7-17(15)20-18(16)14-10-8-13(2)9-11-14/h4-12H,3H2,1-2H3. The smallest absolute Gasteiger partial charge is 0.340 e. The molecule has 1 heterocycles. The van der Waals surface area contributed by atoms with Crippen LogP contribution in [0.3, 0.4) is 0 Å². The zero-order valence-corrected chi connectivity index (χ0v) is 12.7. The zero-order chi connectivity index (χ0) is 15.5. The minimum absolute atomic E-state index is 0.337. The average molecular weight is 291 g/mol. The lowest BCUT2D eigenvalue weighted by molar-refractivity contribution is 0.0527. The molecule has 0 aliphatic rings. The molecule has 1 aromatic heterocycles. The predicted octanol–water partition coefficient (Wildman–Crippen LogP) is 4.39. The van der Waals surface area contributed by atoms with Crippen LogP contribution in [0.5, 0.6) is 0 Å². The Balaban J connectivity index is 2.22. The molecule has 3 aromatic rings. The number of rotatable bonds is 3. The van der Waals surface area contributed by atoms with E-state index in [0.717, 1.165) is 16.5 Å². The van der Waals surface area contributed by atoms with Gasteiger partial charge in [-0.05, 0) is 26.0 Å². The topological polar surface area (TPSA) is 39.2 Å². The number of hydrogen-bond acceptors (Lipinski definition) is 3. The van der Waals surface area contributed by atoms with Gasteiger partial charge in [-0.25, -0.2) is 9.78 Å². The molecule has 2 aromatic carbocycles. The van der Waals surface area contributed by atoms with Crippen molar-refractivity contribution >= 4 is 16.9 Å². The van der Waals surface area contributed by atoms with Crippen molar-refractivity contribution in [2.75, 3.05) is 6.61 Å². The molecule has 0 fully saturated rings. The fourth-order valence-electron chi connectivity index (χ4n) is 2.41. The second-order valence-corrected chi connectivity index (χ2v) is 5.16. The van der Waals surface area contributed by atoms with Crippen LogP contribution in [-0.2, 0) is 4.74 Å². The van der Waals surface area contributed by atoms with Crippen molar-refractivity contribution in [2.45, 2.75) is 13.8 Å². The highest BCUT2D eigenvalue weighted by molar-refractivity contribution is 6.00. The van der Waals surface area contributed by atoms with E-state index in [4.69, 9.17) is 4.74 Å². The van der Waals surface area contributed by atoms with Crippen LogP contribution in [0, 0.1) is 6.92 Å². The maximum Gasteiger partial charge on any atom is 0.340 e. The molecule has 0 saturated heterocycles. The maximum absolute atomic E-state index is 12.3. The van der Waals surface area contributed by atoms with Crippen LogP contribution in [0.25, 0.3) is 22.2 Å². The predicted molar refractivity (Wildman–Crippen MR) is 87.9 cm³/mol. The summed E-state index contributed by atoms with van der Waals surface area (Å²) < 4.78 is 5.18. The molecule has 0 N–H and O–H groups in total. The molecule has 0 aliphatic heterocycles. The summed E-state index contributed by atoms with van der Waals surface area (Å²) in [6.45, 7) is 4.18. The van der Waals surface area contributed by atoms with Gasteiger partial charge in [0.2, 0.25) is 0 Å². The highest BCUT2D eigenvalue weighted by atomic mass is 16.5. The van der Waals surface area contributed by atoms with Gasteiger partial charge in [0.25, 0.3) is 0 Å². The van der Waals surface area contributed by atoms with E-state index < -0.39 is 0 Å². The lowest BCUT2D eigenvalue weighted by Gasteiger charge is -2.10. The molecule has 110 valence electrons. The monoisotopic (exact) mass is 291 g/mol. The van der Waals surface area contributed by atoms with Gasteiger partial charge < -0.3 is 4.74 Å². The average Bonchev–Trinajstić information content (AvgIpc) is 2.54. The third-order valence-electron chi connectivity index (χ3n) is 3.54. The Morgan fingerprint density at radius 1 is 1.09 bits per heavy atom. The summed E-state index contributed by atoms with van der Waals surface area (Å²) in [6, 6.07) is 17.6. The van der Waals surface area contributed by atoms with Crippen LogP contribution in [0.1, 0.15) is 22.8 Å². The van der Waals surface area contributed by atoms with Gasteiger partial charge in [-0.15, -0.1) is 0 Å². The fourth-order valence-corrected chi connectivity index (χ4v) is 2.41. The Labute approximate surface area is 129 Å². The highest BCUT2D eigenvalue weighted by Gasteiger charge is 2.16. The fraction of sp³-hybridized carbons (Fsp3) is 0.158. The summed E-state index contributed by atoms with van der Waals surface area (Å²) in [4.78, 5) is 17.0.